The maximum absolute atomic E-state index is 11.2. The fourth-order valence-electron chi connectivity index (χ4n) is 6.38. The van der Waals surface area contributed by atoms with E-state index in [1.54, 1.807) is 25.7 Å². The number of nitrogens with one attached hydrogen (secondary N) is 2. The Morgan fingerprint density at radius 2 is 1.69 bits per heavy atom. The van der Waals surface area contributed by atoms with Crippen LogP contribution in [0.5, 0.6) is 5.75 Å². The number of rotatable bonds is 8. The number of hydrogen-bond donors (Lipinski definition) is 3. The van der Waals surface area contributed by atoms with Crippen molar-refractivity contribution in [3.8, 4) is 5.75 Å². The van der Waals surface area contributed by atoms with Crippen molar-refractivity contribution in [2.24, 2.45) is 0 Å². The molecule has 4 aromatic rings. The number of methoxy groups -OCH3 is 1. The molecule has 4 heterocycles. The molecule has 3 N–H and O–H groups in total. The van der Waals surface area contributed by atoms with E-state index in [0.29, 0.717) is 50.6 Å². The molecule has 0 aliphatic carbocycles. The second kappa shape index (κ2) is 13.2. The molecule has 0 radical (unpaired) electrons. The second-order valence-electron chi connectivity index (χ2n) is 12.3. The third-order valence-electron chi connectivity index (χ3n) is 8.78. The molecule has 2 aliphatic rings. The first-order chi connectivity index (χ1) is 21.6. The zero-order valence-electron chi connectivity index (χ0n) is 26.6. The minimum Gasteiger partial charge on any atom is -0.494 e. The van der Waals surface area contributed by atoms with E-state index < -0.39 is 7.49 Å². The quantitative estimate of drug-likeness (QED) is 0.226. The highest BCUT2D eigenvalue weighted by Gasteiger charge is 2.33. The van der Waals surface area contributed by atoms with Crippen LogP contribution >= 0.6 is 19.1 Å². The van der Waals surface area contributed by atoms with E-state index in [1.807, 2.05) is 25.5 Å². The zero-order valence-corrected chi connectivity index (χ0v) is 28.2. The Labute approximate surface area is 270 Å². The molecule has 45 heavy (non-hydrogen) atoms. The Kier molecular flexibility index (Phi) is 9.27. The van der Waals surface area contributed by atoms with Crippen LogP contribution in [-0.4, -0.2) is 107 Å². The van der Waals surface area contributed by atoms with Crippen molar-refractivity contribution in [2.75, 3.05) is 82.3 Å². The first-order valence-corrected chi connectivity index (χ1v) is 18.4. The van der Waals surface area contributed by atoms with Crippen LogP contribution in [0.1, 0.15) is 18.4 Å². The number of hydrogen-bond acceptors (Lipinski definition) is 11. The van der Waals surface area contributed by atoms with Gasteiger partial charge in [-0.3, -0.25) is 9.88 Å². The Hall–Kier alpha value is -3.34. The van der Waals surface area contributed by atoms with Crippen LogP contribution in [0, 0.1) is 6.92 Å². The fraction of sp³-hybridized carbons (Fsp3) is 0.438. The first-order valence-electron chi connectivity index (χ1n) is 15.3. The van der Waals surface area contributed by atoms with Gasteiger partial charge in [-0.25, -0.2) is 14.9 Å². The molecule has 11 nitrogen and oxygen atoms in total. The lowest BCUT2D eigenvalue weighted by molar-refractivity contribution is 0.0982. The number of halogens is 1. The highest BCUT2D eigenvalue weighted by Crippen LogP contribution is 2.49. The van der Waals surface area contributed by atoms with Gasteiger partial charge < -0.3 is 25.2 Å². The molecule has 2 aliphatic heterocycles. The number of ether oxygens (including phenoxy) is 1. The lowest BCUT2D eigenvalue weighted by Gasteiger charge is -2.43. The summed E-state index contributed by atoms with van der Waals surface area (Å²) >= 11 is 6.56. The van der Waals surface area contributed by atoms with E-state index in [4.69, 9.17) is 21.3 Å². The molecule has 2 aromatic heterocycles. The van der Waals surface area contributed by atoms with Gasteiger partial charge in [0.05, 0.1) is 43.5 Å². The average Bonchev–Trinajstić information content (AvgIpc) is 3.02. The topological polar surface area (TPSA) is 115 Å². The number of aryl methyl sites for hydroxylation is 1. The standard InChI is InChI=1S/C32H42ClN9O2P/c1-21-18-26(28(44-3)19-27(21)42-12-8-22(9-13-42)41-16-14-40(2)15-17-41)38-32-36-20-23(33)31(39-32)37-25-7-6-24-29(35-11-10-34-24)30(25)45(4,5)43/h6-7,10-11,18-20,22,43H,8-9,12-17H2,1-5H3,(H2,36,37,38,39)/q+1. The van der Waals surface area contributed by atoms with Gasteiger partial charge in [-0.15, -0.1) is 0 Å². The number of anilines is 5. The minimum atomic E-state index is -2.51. The molecule has 2 aromatic carbocycles. The maximum Gasteiger partial charge on any atom is 0.229 e. The summed E-state index contributed by atoms with van der Waals surface area (Å²) in [6, 6.07) is 8.59. The van der Waals surface area contributed by atoms with Gasteiger partial charge in [0, 0.05) is 69.5 Å². The van der Waals surface area contributed by atoms with Gasteiger partial charge in [-0.2, -0.15) is 4.98 Å². The molecule has 2 fully saturated rings. The summed E-state index contributed by atoms with van der Waals surface area (Å²) in [6.45, 7) is 12.5. The van der Waals surface area contributed by atoms with E-state index in [-0.39, 0.29) is 0 Å². The van der Waals surface area contributed by atoms with Crippen molar-refractivity contribution in [1.82, 2.24) is 29.7 Å². The van der Waals surface area contributed by atoms with E-state index in [1.165, 1.54) is 18.5 Å². The predicted octanol–water partition coefficient (Wildman–Crippen LogP) is 4.90. The molecule has 0 saturated carbocycles. The van der Waals surface area contributed by atoms with E-state index in [9.17, 15) is 4.89 Å². The third kappa shape index (κ3) is 6.93. The maximum atomic E-state index is 11.2. The number of piperidine rings is 1. The van der Waals surface area contributed by atoms with Crippen molar-refractivity contribution in [3.05, 3.63) is 53.4 Å². The monoisotopic (exact) mass is 650 g/mol. The molecule has 0 bridgehead atoms. The molecular formula is C32H42ClN9O2P+. The van der Waals surface area contributed by atoms with Crippen molar-refractivity contribution in [2.45, 2.75) is 25.8 Å². The van der Waals surface area contributed by atoms with Crippen LogP contribution < -0.4 is 25.6 Å². The van der Waals surface area contributed by atoms with Gasteiger partial charge in [-0.05, 0) is 50.6 Å². The summed E-state index contributed by atoms with van der Waals surface area (Å²) in [6.07, 6.45) is 7.15. The lowest BCUT2D eigenvalue weighted by Crippen LogP contribution is -2.52. The van der Waals surface area contributed by atoms with Gasteiger partial charge in [0.2, 0.25) is 5.95 Å². The smallest absolute Gasteiger partial charge is 0.229 e. The highest BCUT2D eigenvalue weighted by atomic mass is 35.5. The molecule has 0 amide bonds. The highest BCUT2D eigenvalue weighted by molar-refractivity contribution is 7.77. The summed E-state index contributed by atoms with van der Waals surface area (Å²) in [4.78, 5) is 36.8. The fourth-order valence-corrected chi connectivity index (χ4v) is 7.93. The number of fused-ring (bicyclic) bond motifs is 1. The van der Waals surface area contributed by atoms with E-state index in [0.717, 1.165) is 50.5 Å². The predicted molar refractivity (Wildman–Crippen MR) is 186 cm³/mol. The Morgan fingerprint density at radius 1 is 0.956 bits per heavy atom. The Balaban J connectivity index is 1.20. The van der Waals surface area contributed by atoms with Gasteiger partial charge in [0.15, 0.2) is 18.6 Å². The summed E-state index contributed by atoms with van der Waals surface area (Å²) in [5.41, 5.74) is 5.14. The van der Waals surface area contributed by atoms with Gasteiger partial charge in [0.1, 0.15) is 16.3 Å². The molecule has 13 heteroatoms. The van der Waals surface area contributed by atoms with Crippen molar-refractivity contribution < 1.29 is 9.63 Å². The van der Waals surface area contributed by atoms with Crippen LogP contribution in [0.25, 0.3) is 11.0 Å². The van der Waals surface area contributed by atoms with Crippen LogP contribution in [0.4, 0.5) is 28.8 Å². The van der Waals surface area contributed by atoms with Crippen molar-refractivity contribution >= 4 is 64.3 Å². The molecule has 2 saturated heterocycles. The zero-order chi connectivity index (χ0) is 31.7. The van der Waals surface area contributed by atoms with Gasteiger partial charge in [0.25, 0.3) is 0 Å². The second-order valence-corrected chi connectivity index (χ2v) is 16.0. The SMILES string of the molecule is COc1cc(N2CCC(N3CCN(C)CC3)CC2)c(C)cc1Nc1ncc(Cl)c(Nc2ccc3nccnc3c2[P+](C)(C)O)n1. The number of benzene rings is 2. The summed E-state index contributed by atoms with van der Waals surface area (Å²) in [5, 5.41) is 7.71. The summed E-state index contributed by atoms with van der Waals surface area (Å²) < 4.78 is 5.84. The van der Waals surface area contributed by atoms with Crippen LogP contribution in [0.2, 0.25) is 5.02 Å². The van der Waals surface area contributed by atoms with Crippen LogP contribution in [0.15, 0.2) is 42.9 Å². The molecular weight excluding hydrogens is 609 g/mol. The van der Waals surface area contributed by atoms with Gasteiger partial charge >= 0.3 is 0 Å². The Bertz CT molecular complexity index is 1670. The van der Waals surface area contributed by atoms with E-state index >= 15 is 0 Å². The lowest BCUT2D eigenvalue weighted by atomic mass is 10.0. The summed E-state index contributed by atoms with van der Waals surface area (Å²) in [5.74, 6) is 1.48. The normalized spacial score (nSPS) is 17.1. The van der Waals surface area contributed by atoms with Crippen LogP contribution in [-0.2, 0) is 0 Å². The number of nitrogens with zero attached hydrogens (tertiary/aromatic N) is 7. The molecule has 6 rings (SSSR count). The van der Waals surface area contributed by atoms with E-state index in [2.05, 4.69) is 66.4 Å². The minimum absolute atomic E-state index is 0.346. The number of aromatic nitrogens is 4. The number of piperazine rings is 1. The Morgan fingerprint density at radius 3 is 2.40 bits per heavy atom. The molecule has 0 spiro atoms. The van der Waals surface area contributed by atoms with Gasteiger partial charge in [-0.1, -0.05) is 11.6 Å². The first kappa shape index (κ1) is 31.6. The average molecular weight is 651 g/mol. The molecule has 238 valence electrons. The third-order valence-corrected chi connectivity index (χ3v) is 10.6. The largest absolute Gasteiger partial charge is 0.494 e. The number of likely N-dealkylation sites (N-methyl/N-ethyl adjacent to an activating group) is 1. The molecule has 0 atom stereocenters. The van der Waals surface area contributed by atoms with Crippen molar-refractivity contribution in [1.29, 1.82) is 0 Å². The van der Waals surface area contributed by atoms with Crippen molar-refractivity contribution in [3.63, 3.8) is 0 Å². The van der Waals surface area contributed by atoms with Crippen LogP contribution in [0.3, 0.4) is 0 Å². The molecule has 0 unspecified atom stereocenters. The summed E-state index contributed by atoms with van der Waals surface area (Å²) in [7, 11) is 1.38.